The minimum Gasteiger partial charge on any atom is -0.270 e. The number of fused-ring (bicyclic) bond motifs is 1. The van der Waals surface area contributed by atoms with Crippen molar-refractivity contribution in [3.05, 3.63) is 55.0 Å². The van der Waals surface area contributed by atoms with Crippen molar-refractivity contribution in [3.63, 3.8) is 0 Å². The zero-order chi connectivity index (χ0) is 11.0. The summed E-state index contributed by atoms with van der Waals surface area (Å²) in [6, 6.07) is 12.2. The molecule has 0 aliphatic carbocycles. The second-order valence-electron chi connectivity index (χ2n) is 3.63. The number of anilines is 1. The Morgan fingerprint density at radius 3 is 2.69 bits per heavy atom. The van der Waals surface area contributed by atoms with Crippen molar-refractivity contribution in [1.29, 1.82) is 0 Å². The van der Waals surface area contributed by atoms with E-state index in [1.54, 1.807) is 6.20 Å². The molecule has 2 aromatic heterocycles. The normalized spacial score (nSPS) is 10.8. The van der Waals surface area contributed by atoms with Crippen LogP contribution in [-0.4, -0.2) is 21.3 Å². The second-order valence-corrected chi connectivity index (χ2v) is 3.63. The molecule has 0 spiro atoms. The number of hydrogen-bond acceptors (Lipinski definition) is 2. The third kappa shape index (κ3) is 1.27. The fraction of sp³-hybridized carbons (Fsp3) is 0.0833. The van der Waals surface area contributed by atoms with Gasteiger partial charge >= 0.3 is 0 Å². The fourth-order valence-corrected chi connectivity index (χ4v) is 1.81. The lowest BCUT2D eigenvalue weighted by Crippen LogP contribution is -2.26. The third-order valence-electron chi connectivity index (χ3n) is 2.66. The average molecular weight is 212 g/mol. The average Bonchev–Trinajstić information content (AvgIpc) is 2.91. The monoisotopic (exact) mass is 212 g/mol. The number of rotatable bonds is 2. The lowest BCUT2D eigenvalue weighted by molar-refractivity contribution is 0.629. The zero-order valence-electron chi connectivity index (χ0n) is 8.99. The van der Waals surface area contributed by atoms with Crippen LogP contribution in [0.3, 0.4) is 0 Å². The Balaban J connectivity index is 2.08. The molecule has 80 valence electrons. The van der Waals surface area contributed by atoms with E-state index in [0.29, 0.717) is 0 Å². The van der Waals surface area contributed by atoms with Crippen LogP contribution in [0, 0.1) is 0 Å². The molecule has 4 nitrogen and oxygen atoms in total. The molecule has 0 aliphatic heterocycles. The van der Waals surface area contributed by atoms with E-state index in [1.807, 2.05) is 53.0 Å². The van der Waals surface area contributed by atoms with Crippen LogP contribution < -0.4 is 5.01 Å². The Morgan fingerprint density at radius 2 is 1.88 bits per heavy atom. The highest BCUT2D eigenvalue weighted by Gasteiger charge is 2.05. The highest BCUT2D eigenvalue weighted by atomic mass is 15.7. The molecule has 16 heavy (non-hydrogen) atoms. The maximum absolute atomic E-state index is 4.23. The van der Waals surface area contributed by atoms with Gasteiger partial charge < -0.3 is 0 Å². The smallest absolute Gasteiger partial charge is 0.154 e. The van der Waals surface area contributed by atoms with Crippen molar-refractivity contribution in [2.75, 3.05) is 12.1 Å². The molecule has 0 N–H and O–H groups in total. The molecule has 0 radical (unpaired) electrons. The van der Waals surface area contributed by atoms with E-state index in [1.165, 1.54) is 0 Å². The van der Waals surface area contributed by atoms with Crippen LogP contribution in [0.5, 0.6) is 0 Å². The summed E-state index contributed by atoms with van der Waals surface area (Å²) in [5, 5.41) is 2.06. The number of benzene rings is 1. The van der Waals surface area contributed by atoms with Crippen LogP contribution in [0.4, 0.5) is 5.69 Å². The number of imidazole rings is 1. The molecule has 0 unspecified atom stereocenters. The van der Waals surface area contributed by atoms with E-state index in [0.717, 1.165) is 11.3 Å². The lowest BCUT2D eigenvalue weighted by atomic mass is 10.3. The highest BCUT2D eigenvalue weighted by molar-refractivity contribution is 5.46. The van der Waals surface area contributed by atoms with E-state index < -0.39 is 0 Å². The van der Waals surface area contributed by atoms with E-state index in [4.69, 9.17) is 0 Å². The van der Waals surface area contributed by atoms with Gasteiger partial charge in [-0.05, 0) is 12.1 Å². The van der Waals surface area contributed by atoms with Crippen LogP contribution in [0.25, 0.3) is 5.65 Å². The van der Waals surface area contributed by atoms with Crippen molar-refractivity contribution < 1.29 is 0 Å². The van der Waals surface area contributed by atoms with Gasteiger partial charge in [-0.1, -0.05) is 18.2 Å². The Bertz CT molecular complexity index is 594. The largest absolute Gasteiger partial charge is 0.270 e. The summed E-state index contributed by atoms with van der Waals surface area (Å²) in [6.45, 7) is 0. The predicted molar refractivity (Wildman–Crippen MR) is 63.4 cm³/mol. The standard InChI is InChI=1S/C12H12N4/c1-14(11-5-3-2-4-6-11)16-9-7-12-13-8-10-15(12)16/h2-10H,1H3. The summed E-state index contributed by atoms with van der Waals surface area (Å²) in [7, 11) is 2.02. The van der Waals surface area contributed by atoms with Gasteiger partial charge in [-0.25, -0.2) is 9.50 Å². The van der Waals surface area contributed by atoms with Gasteiger partial charge in [0.25, 0.3) is 0 Å². The molecule has 0 saturated heterocycles. The minimum atomic E-state index is 0.947. The Hall–Kier alpha value is -2.23. The number of hydrogen-bond donors (Lipinski definition) is 0. The SMILES string of the molecule is CN(c1ccccc1)n1ccc2nccn21. The molecule has 3 aromatic rings. The first kappa shape index (κ1) is 9.03. The van der Waals surface area contributed by atoms with Crippen LogP contribution in [0.2, 0.25) is 0 Å². The highest BCUT2D eigenvalue weighted by Crippen LogP contribution is 2.13. The maximum atomic E-state index is 4.23. The van der Waals surface area contributed by atoms with Gasteiger partial charge in [0.2, 0.25) is 0 Å². The summed E-state index contributed by atoms with van der Waals surface area (Å²) >= 11 is 0. The minimum absolute atomic E-state index is 0.947. The first-order valence-corrected chi connectivity index (χ1v) is 5.16. The molecule has 1 aromatic carbocycles. The summed E-state index contributed by atoms with van der Waals surface area (Å²) in [4.78, 5) is 6.24. The second kappa shape index (κ2) is 3.41. The van der Waals surface area contributed by atoms with Gasteiger partial charge in [0.15, 0.2) is 5.65 Å². The molecule has 0 aliphatic rings. The van der Waals surface area contributed by atoms with Crippen LogP contribution in [-0.2, 0) is 0 Å². The lowest BCUT2D eigenvalue weighted by Gasteiger charge is -2.21. The Kier molecular flexibility index (Phi) is 1.93. The molecule has 0 amide bonds. The molecule has 3 rings (SSSR count). The molecule has 0 bridgehead atoms. The van der Waals surface area contributed by atoms with Crippen LogP contribution in [0.1, 0.15) is 0 Å². The first-order chi connectivity index (χ1) is 7.86. The Morgan fingerprint density at radius 1 is 1.06 bits per heavy atom. The summed E-state index contributed by atoms with van der Waals surface area (Å²) in [5.41, 5.74) is 2.08. The van der Waals surface area contributed by atoms with Crippen LogP contribution >= 0.6 is 0 Å². The van der Waals surface area contributed by atoms with E-state index in [2.05, 4.69) is 22.1 Å². The van der Waals surface area contributed by atoms with E-state index in [-0.39, 0.29) is 0 Å². The number of nitrogens with zero attached hydrogens (tertiary/aromatic N) is 4. The first-order valence-electron chi connectivity index (χ1n) is 5.16. The van der Waals surface area contributed by atoms with Crippen LogP contribution in [0.15, 0.2) is 55.0 Å². The van der Waals surface area contributed by atoms with Gasteiger partial charge in [-0.2, -0.15) is 4.79 Å². The quantitative estimate of drug-likeness (QED) is 0.649. The maximum Gasteiger partial charge on any atom is 0.154 e. The predicted octanol–water partition coefficient (Wildman–Crippen LogP) is 2.04. The van der Waals surface area contributed by atoms with Crippen molar-refractivity contribution in [2.24, 2.45) is 0 Å². The molecular formula is C12H12N4. The van der Waals surface area contributed by atoms with Crippen molar-refractivity contribution in [3.8, 4) is 0 Å². The van der Waals surface area contributed by atoms with Gasteiger partial charge in [0.1, 0.15) is 0 Å². The van der Waals surface area contributed by atoms with Crippen molar-refractivity contribution >= 4 is 11.3 Å². The van der Waals surface area contributed by atoms with Crippen molar-refractivity contribution in [1.82, 2.24) is 14.3 Å². The molecule has 4 heteroatoms. The van der Waals surface area contributed by atoms with Gasteiger partial charge in [-0.3, -0.25) is 5.01 Å². The Labute approximate surface area is 93.3 Å². The van der Waals surface area contributed by atoms with Crippen molar-refractivity contribution in [2.45, 2.75) is 0 Å². The molecular weight excluding hydrogens is 200 g/mol. The molecule has 2 heterocycles. The van der Waals surface area contributed by atoms with Gasteiger partial charge in [-0.15, -0.1) is 0 Å². The fourth-order valence-electron chi connectivity index (χ4n) is 1.81. The topological polar surface area (TPSA) is 25.5 Å². The summed E-state index contributed by atoms with van der Waals surface area (Å²) in [5.74, 6) is 0. The van der Waals surface area contributed by atoms with Gasteiger partial charge in [0.05, 0.1) is 5.69 Å². The van der Waals surface area contributed by atoms with Gasteiger partial charge in [0, 0.05) is 31.7 Å². The van der Waals surface area contributed by atoms with E-state index >= 15 is 0 Å². The number of para-hydroxylation sites is 1. The summed E-state index contributed by atoms with van der Waals surface area (Å²) < 4.78 is 1.99. The number of aromatic nitrogens is 3. The molecule has 0 fully saturated rings. The summed E-state index contributed by atoms with van der Waals surface area (Å²) in [6.07, 6.45) is 5.73. The zero-order valence-corrected chi connectivity index (χ0v) is 8.99. The van der Waals surface area contributed by atoms with E-state index in [9.17, 15) is 0 Å². The molecule has 0 saturated carbocycles. The third-order valence-corrected chi connectivity index (χ3v) is 2.66. The molecule has 0 atom stereocenters.